The van der Waals surface area contributed by atoms with Crippen molar-refractivity contribution in [3.8, 4) is 0 Å². The predicted molar refractivity (Wildman–Crippen MR) is 58.2 cm³/mol. The third-order valence-electron chi connectivity index (χ3n) is 3.01. The monoisotopic (exact) mass is 243 g/mol. The van der Waals surface area contributed by atoms with E-state index in [2.05, 4.69) is 5.32 Å². The lowest BCUT2D eigenvalue weighted by Crippen LogP contribution is -2.38. The molecule has 0 saturated carbocycles. The molecular formula is C11H11ClFNO2. The first-order chi connectivity index (χ1) is 7.56. The number of carboxylic acids is 1. The maximum absolute atomic E-state index is 12.9. The fraction of sp³-hybridized carbons (Fsp3) is 0.364. The molecule has 0 bridgehead atoms. The molecule has 0 radical (unpaired) electrons. The van der Waals surface area contributed by atoms with E-state index >= 15 is 0 Å². The standard InChI is InChI=1S/C11H11ClFNO2/c12-9-5-7(13)1-2-8(9)11(10(15)16)3-4-14-6-11/h1-2,5,14H,3-4,6H2,(H,15,16). The fourth-order valence-corrected chi connectivity index (χ4v) is 2.45. The van der Waals surface area contributed by atoms with Crippen molar-refractivity contribution in [3.63, 3.8) is 0 Å². The number of carboxylic acid groups (broad SMARTS) is 1. The van der Waals surface area contributed by atoms with Crippen molar-refractivity contribution < 1.29 is 14.3 Å². The van der Waals surface area contributed by atoms with Crippen LogP contribution in [-0.2, 0) is 10.2 Å². The predicted octanol–water partition coefficient (Wildman–Crippen LogP) is 1.79. The van der Waals surface area contributed by atoms with Crippen molar-refractivity contribution in [2.45, 2.75) is 11.8 Å². The molecule has 86 valence electrons. The minimum Gasteiger partial charge on any atom is -0.481 e. The SMILES string of the molecule is O=C(O)C1(c2ccc(F)cc2Cl)CCNC1. The second-order valence-corrected chi connectivity index (χ2v) is 4.35. The lowest BCUT2D eigenvalue weighted by atomic mass is 9.80. The van der Waals surface area contributed by atoms with E-state index in [0.717, 1.165) is 6.07 Å². The topological polar surface area (TPSA) is 49.3 Å². The van der Waals surface area contributed by atoms with Gasteiger partial charge in [0, 0.05) is 11.6 Å². The zero-order valence-corrected chi connectivity index (χ0v) is 9.22. The first kappa shape index (κ1) is 11.4. The van der Waals surface area contributed by atoms with Gasteiger partial charge in [-0.1, -0.05) is 17.7 Å². The van der Waals surface area contributed by atoms with Gasteiger partial charge in [-0.25, -0.2) is 4.39 Å². The summed E-state index contributed by atoms with van der Waals surface area (Å²) in [5.74, 6) is -1.38. The Balaban J connectivity index is 2.51. The molecule has 2 N–H and O–H groups in total. The van der Waals surface area contributed by atoms with E-state index < -0.39 is 17.2 Å². The molecule has 1 fully saturated rings. The van der Waals surface area contributed by atoms with Gasteiger partial charge >= 0.3 is 5.97 Å². The Kier molecular flexibility index (Phi) is 2.86. The maximum Gasteiger partial charge on any atom is 0.315 e. The van der Waals surface area contributed by atoms with E-state index in [1.54, 1.807) is 0 Å². The molecule has 1 heterocycles. The van der Waals surface area contributed by atoms with Crippen LogP contribution in [0.25, 0.3) is 0 Å². The maximum atomic E-state index is 12.9. The highest BCUT2D eigenvalue weighted by atomic mass is 35.5. The number of hydrogen-bond donors (Lipinski definition) is 2. The summed E-state index contributed by atoms with van der Waals surface area (Å²) in [4.78, 5) is 11.4. The van der Waals surface area contributed by atoms with E-state index in [9.17, 15) is 14.3 Å². The van der Waals surface area contributed by atoms with Crippen LogP contribution in [0.4, 0.5) is 4.39 Å². The van der Waals surface area contributed by atoms with Crippen molar-refractivity contribution in [2.24, 2.45) is 0 Å². The summed E-state index contributed by atoms with van der Waals surface area (Å²) in [6, 6.07) is 3.85. The quantitative estimate of drug-likeness (QED) is 0.833. The van der Waals surface area contributed by atoms with Crippen LogP contribution < -0.4 is 5.32 Å². The summed E-state index contributed by atoms with van der Waals surface area (Å²) in [5, 5.41) is 12.5. The molecule has 1 aromatic carbocycles. The van der Waals surface area contributed by atoms with Gasteiger partial charge in [-0.15, -0.1) is 0 Å². The van der Waals surface area contributed by atoms with Crippen LogP contribution >= 0.6 is 11.6 Å². The van der Waals surface area contributed by atoms with Crippen LogP contribution in [0.3, 0.4) is 0 Å². The minimum absolute atomic E-state index is 0.172. The van der Waals surface area contributed by atoms with Crippen LogP contribution in [0, 0.1) is 5.82 Å². The fourth-order valence-electron chi connectivity index (χ4n) is 2.10. The molecule has 0 aromatic heterocycles. The molecule has 1 saturated heterocycles. The highest BCUT2D eigenvalue weighted by Crippen LogP contribution is 2.35. The summed E-state index contributed by atoms with van der Waals surface area (Å²) in [6.07, 6.45) is 0.466. The number of aliphatic carboxylic acids is 1. The molecule has 1 aliphatic heterocycles. The van der Waals surface area contributed by atoms with Gasteiger partial charge in [0.05, 0.1) is 0 Å². The van der Waals surface area contributed by atoms with Gasteiger partial charge in [-0.2, -0.15) is 0 Å². The van der Waals surface area contributed by atoms with Crippen LogP contribution in [0.1, 0.15) is 12.0 Å². The molecule has 0 amide bonds. The molecule has 1 unspecified atom stereocenters. The minimum atomic E-state index is -1.02. The Morgan fingerprint density at radius 2 is 2.31 bits per heavy atom. The average Bonchev–Trinajstić information content (AvgIpc) is 2.67. The van der Waals surface area contributed by atoms with E-state index in [0.29, 0.717) is 25.1 Å². The highest BCUT2D eigenvalue weighted by Gasteiger charge is 2.44. The summed E-state index contributed by atoms with van der Waals surface area (Å²) in [6.45, 7) is 0.952. The van der Waals surface area contributed by atoms with Gasteiger partial charge in [-0.05, 0) is 30.7 Å². The summed E-state index contributed by atoms with van der Waals surface area (Å²) in [5.41, 5.74) is -0.543. The molecule has 2 rings (SSSR count). The molecule has 5 heteroatoms. The van der Waals surface area contributed by atoms with E-state index in [4.69, 9.17) is 11.6 Å². The Morgan fingerprint density at radius 1 is 1.56 bits per heavy atom. The van der Waals surface area contributed by atoms with E-state index in [-0.39, 0.29) is 5.02 Å². The number of rotatable bonds is 2. The number of halogens is 2. The van der Waals surface area contributed by atoms with Gasteiger partial charge < -0.3 is 10.4 Å². The zero-order valence-electron chi connectivity index (χ0n) is 8.46. The van der Waals surface area contributed by atoms with E-state index in [1.165, 1.54) is 12.1 Å². The molecular weight excluding hydrogens is 233 g/mol. The lowest BCUT2D eigenvalue weighted by Gasteiger charge is -2.24. The molecule has 1 atom stereocenters. The summed E-state index contributed by atoms with van der Waals surface area (Å²) < 4.78 is 12.9. The molecule has 0 spiro atoms. The van der Waals surface area contributed by atoms with Gasteiger partial charge in [-0.3, -0.25) is 4.79 Å². The lowest BCUT2D eigenvalue weighted by molar-refractivity contribution is -0.143. The Morgan fingerprint density at radius 3 is 2.81 bits per heavy atom. The van der Waals surface area contributed by atoms with Gasteiger partial charge in [0.1, 0.15) is 11.2 Å². The highest BCUT2D eigenvalue weighted by molar-refractivity contribution is 6.31. The second kappa shape index (κ2) is 4.03. The van der Waals surface area contributed by atoms with Gasteiger partial charge in [0.15, 0.2) is 0 Å². The zero-order chi connectivity index (χ0) is 11.8. The third kappa shape index (κ3) is 1.68. The number of carbonyl (C=O) groups is 1. The van der Waals surface area contributed by atoms with Crippen LogP contribution in [0.5, 0.6) is 0 Å². The van der Waals surface area contributed by atoms with Crippen LogP contribution in [-0.4, -0.2) is 24.2 Å². The molecule has 1 aliphatic rings. The number of hydrogen-bond acceptors (Lipinski definition) is 2. The number of nitrogens with one attached hydrogen (secondary N) is 1. The summed E-state index contributed by atoms with van der Waals surface area (Å²) in [7, 11) is 0. The van der Waals surface area contributed by atoms with Crippen LogP contribution in [0.15, 0.2) is 18.2 Å². The van der Waals surface area contributed by atoms with Crippen molar-refractivity contribution in [1.29, 1.82) is 0 Å². The second-order valence-electron chi connectivity index (χ2n) is 3.94. The first-order valence-electron chi connectivity index (χ1n) is 4.96. The van der Waals surface area contributed by atoms with Crippen molar-refractivity contribution >= 4 is 17.6 Å². The molecule has 0 aliphatic carbocycles. The van der Waals surface area contributed by atoms with Crippen molar-refractivity contribution in [2.75, 3.05) is 13.1 Å². The third-order valence-corrected chi connectivity index (χ3v) is 3.32. The summed E-state index contributed by atoms with van der Waals surface area (Å²) >= 11 is 5.91. The number of benzene rings is 1. The molecule has 3 nitrogen and oxygen atoms in total. The average molecular weight is 244 g/mol. The first-order valence-corrected chi connectivity index (χ1v) is 5.34. The van der Waals surface area contributed by atoms with E-state index in [1.807, 2.05) is 0 Å². The van der Waals surface area contributed by atoms with Crippen molar-refractivity contribution in [1.82, 2.24) is 5.32 Å². The van der Waals surface area contributed by atoms with Crippen molar-refractivity contribution in [3.05, 3.63) is 34.6 Å². The largest absolute Gasteiger partial charge is 0.481 e. The molecule has 1 aromatic rings. The Labute approximate surface area is 97.2 Å². The smallest absolute Gasteiger partial charge is 0.315 e. The Hall–Kier alpha value is -1.13. The molecule has 16 heavy (non-hydrogen) atoms. The van der Waals surface area contributed by atoms with Gasteiger partial charge in [0.25, 0.3) is 0 Å². The van der Waals surface area contributed by atoms with Gasteiger partial charge in [0.2, 0.25) is 0 Å². The van der Waals surface area contributed by atoms with Crippen LogP contribution in [0.2, 0.25) is 5.02 Å². The Bertz CT molecular complexity index is 430. The normalized spacial score (nSPS) is 24.6.